The highest BCUT2D eigenvalue weighted by Crippen LogP contribution is 2.22. The molecule has 0 saturated carbocycles. The Labute approximate surface area is 111 Å². The van der Waals surface area contributed by atoms with E-state index in [4.69, 9.17) is 4.74 Å². The standard InChI is InChI=1S/C13H19BrFNO/c1-10(2)16-7-3-4-8-17-13-9-11(14)5-6-12(13)15/h5-6,9-10,16H,3-4,7-8H2,1-2H3. The largest absolute Gasteiger partial charge is 0.490 e. The molecule has 0 aliphatic carbocycles. The van der Waals surface area contributed by atoms with E-state index >= 15 is 0 Å². The van der Waals surface area contributed by atoms with E-state index in [0.29, 0.717) is 18.4 Å². The molecule has 4 heteroatoms. The van der Waals surface area contributed by atoms with Gasteiger partial charge in [-0.3, -0.25) is 0 Å². The first kappa shape index (κ1) is 14.5. The molecule has 1 aromatic carbocycles. The fourth-order valence-corrected chi connectivity index (χ4v) is 1.73. The van der Waals surface area contributed by atoms with Gasteiger partial charge in [0.15, 0.2) is 11.6 Å². The minimum atomic E-state index is -0.312. The van der Waals surface area contributed by atoms with Crippen LogP contribution in [0.1, 0.15) is 26.7 Å². The number of halogens is 2. The van der Waals surface area contributed by atoms with Gasteiger partial charge in [-0.2, -0.15) is 0 Å². The summed E-state index contributed by atoms with van der Waals surface area (Å²) >= 11 is 3.29. The van der Waals surface area contributed by atoms with Crippen LogP contribution in [0.4, 0.5) is 4.39 Å². The van der Waals surface area contributed by atoms with Crippen molar-refractivity contribution in [2.45, 2.75) is 32.7 Å². The van der Waals surface area contributed by atoms with Gasteiger partial charge in [-0.15, -0.1) is 0 Å². The lowest BCUT2D eigenvalue weighted by Gasteiger charge is -2.09. The summed E-state index contributed by atoms with van der Waals surface area (Å²) in [6.07, 6.45) is 1.96. The van der Waals surface area contributed by atoms with Gasteiger partial charge in [0.2, 0.25) is 0 Å². The molecule has 0 unspecified atom stereocenters. The zero-order valence-corrected chi connectivity index (χ0v) is 11.9. The Kier molecular flexibility index (Phi) is 6.52. The molecule has 2 nitrogen and oxygen atoms in total. The number of hydrogen-bond donors (Lipinski definition) is 1. The average Bonchev–Trinajstić information content (AvgIpc) is 2.27. The molecule has 0 saturated heterocycles. The van der Waals surface area contributed by atoms with E-state index in [1.54, 1.807) is 12.1 Å². The fourth-order valence-electron chi connectivity index (χ4n) is 1.39. The van der Waals surface area contributed by atoms with Crippen LogP contribution in [-0.2, 0) is 0 Å². The minimum Gasteiger partial charge on any atom is -0.490 e. The lowest BCUT2D eigenvalue weighted by atomic mass is 10.3. The van der Waals surface area contributed by atoms with Crippen LogP contribution in [0.5, 0.6) is 5.75 Å². The summed E-state index contributed by atoms with van der Waals surface area (Å²) in [6, 6.07) is 5.23. The van der Waals surface area contributed by atoms with E-state index in [1.807, 2.05) is 0 Å². The quantitative estimate of drug-likeness (QED) is 0.775. The van der Waals surface area contributed by atoms with E-state index < -0.39 is 0 Å². The number of benzene rings is 1. The van der Waals surface area contributed by atoms with Crippen LogP contribution in [0.3, 0.4) is 0 Å². The summed E-state index contributed by atoms with van der Waals surface area (Å²) in [7, 11) is 0. The maximum Gasteiger partial charge on any atom is 0.165 e. The molecule has 96 valence electrons. The highest BCUT2D eigenvalue weighted by molar-refractivity contribution is 9.10. The minimum absolute atomic E-state index is 0.312. The third kappa shape index (κ3) is 6.03. The molecule has 0 aliphatic heterocycles. The Morgan fingerprint density at radius 1 is 1.35 bits per heavy atom. The van der Waals surface area contributed by atoms with Gasteiger partial charge in [-0.1, -0.05) is 29.8 Å². The zero-order chi connectivity index (χ0) is 12.7. The molecule has 0 aromatic heterocycles. The molecule has 1 rings (SSSR count). The van der Waals surface area contributed by atoms with Gasteiger partial charge in [0.05, 0.1) is 6.61 Å². The second kappa shape index (κ2) is 7.67. The van der Waals surface area contributed by atoms with Gasteiger partial charge in [0.25, 0.3) is 0 Å². The molecule has 0 heterocycles. The van der Waals surface area contributed by atoms with Crippen LogP contribution in [0.2, 0.25) is 0 Å². The second-order valence-electron chi connectivity index (χ2n) is 4.24. The Morgan fingerprint density at radius 3 is 2.82 bits per heavy atom. The number of nitrogens with one attached hydrogen (secondary N) is 1. The summed E-state index contributed by atoms with van der Waals surface area (Å²) in [6.45, 7) is 5.76. The van der Waals surface area contributed by atoms with Crippen molar-refractivity contribution in [2.75, 3.05) is 13.2 Å². The lowest BCUT2D eigenvalue weighted by molar-refractivity contribution is 0.290. The van der Waals surface area contributed by atoms with Crippen molar-refractivity contribution >= 4 is 15.9 Å². The van der Waals surface area contributed by atoms with Crippen molar-refractivity contribution < 1.29 is 9.13 Å². The van der Waals surface area contributed by atoms with Gasteiger partial charge >= 0.3 is 0 Å². The third-order valence-electron chi connectivity index (χ3n) is 2.27. The van der Waals surface area contributed by atoms with Crippen molar-refractivity contribution in [3.63, 3.8) is 0 Å². The molecule has 0 spiro atoms. The smallest absolute Gasteiger partial charge is 0.165 e. The predicted octanol–water partition coefficient (Wildman–Crippen LogP) is 3.75. The maximum atomic E-state index is 13.3. The van der Waals surface area contributed by atoms with Gasteiger partial charge in [0.1, 0.15) is 0 Å². The van der Waals surface area contributed by atoms with Crippen LogP contribution >= 0.6 is 15.9 Å². The Balaban J connectivity index is 2.20. The summed E-state index contributed by atoms with van der Waals surface area (Å²) < 4.78 is 19.5. The van der Waals surface area contributed by atoms with E-state index in [-0.39, 0.29) is 5.82 Å². The van der Waals surface area contributed by atoms with Crippen LogP contribution in [0.15, 0.2) is 22.7 Å². The van der Waals surface area contributed by atoms with Crippen LogP contribution < -0.4 is 10.1 Å². The summed E-state index contributed by atoms with van der Waals surface area (Å²) in [4.78, 5) is 0. The topological polar surface area (TPSA) is 21.3 Å². The van der Waals surface area contributed by atoms with Crippen molar-refractivity contribution in [3.05, 3.63) is 28.5 Å². The van der Waals surface area contributed by atoms with Crippen molar-refractivity contribution in [1.29, 1.82) is 0 Å². The monoisotopic (exact) mass is 303 g/mol. The summed E-state index contributed by atoms with van der Waals surface area (Å²) in [5.74, 6) is 0.00435. The molecule has 0 atom stereocenters. The van der Waals surface area contributed by atoms with Crippen molar-refractivity contribution in [3.8, 4) is 5.75 Å². The summed E-state index contributed by atoms with van der Waals surface area (Å²) in [5, 5.41) is 3.33. The number of ether oxygens (including phenoxy) is 1. The van der Waals surface area contributed by atoms with Gasteiger partial charge < -0.3 is 10.1 Å². The Bertz CT molecular complexity index is 344. The molecule has 0 bridgehead atoms. The molecule has 1 aromatic rings. The third-order valence-corrected chi connectivity index (χ3v) is 2.77. The highest BCUT2D eigenvalue weighted by atomic mass is 79.9. The Hall–Kier alpha value is -0.610. The van der Waals surface area contributed by atoms with Crippen molar-refractivity contribution in [1.82, 2.24) is 5.32 Å². The second-order valence-corrected chi connectivity index (χ2v) is 5.15. The molecule has 0 fully saturated rings. The van der Waals surface area contributed by atoms with Crippen LogP contribution in [0, 0.1) is 5.82 Å². The number of hydrogen-bond acceptors (Lipinski definition) is 2. The van der Waals surface area contributed by atoms with E-state index in [2.05, 4.69) is 35.1 Å². The molecule has 17 heavy (non-hydrogen) atoms. The highest BCUT2D eigenvalue weighted by Gasteiger charge is 2.03. The first-order valence-electron chi connectivity index (χ1n) is 5.91. The zero-order valence-electron chi connectivity index (χ0n) is 10.3. The van der Waals surface area contributed by atoms with Gasteiger partial charge in [-0.25, -0.2) is 4.39 Å². The maximum absolute atomic E-state index is 13.3. The number of unbranched alkanes of at least 4 members (excludes halogenated alkanes) is 1. The number of rotatable bonds is 7. The first-order valence-corrected chi connectivity index (χ1v) is 6.70. The molecule has 0 amide bonds. The average molecular weight is 304 g/mol. The fraction of sp³-hybridized carbons (Fsp3) is 0.538. The lowest BCUT2D eigenvalue weighted by Crippen LogP contribution is -2.23. The molecule has 1 N–H and O–H groups in total. The molecule has 0 radical (unpaired) electrons. The van der Waals surface area contributed by atoms with Crippen molar-refractivity contribution in [2.24, 2.45) is 0 Å². The molecular weight excluding hydrogens is 285 g/mol. The normalized spacial score (nSPS) is 10.9. The Morgan fingerprint density at radius 2 is 2.12 bits per heavy atom. The van der Waals surface area contributed by atoms with Crippen LogP contribution in [-0.4, -0.2) is 19.2 Å². The molecular formula is C13H19BrFNO. The van der Waals surface area contributed by atoms with Gasteiger partial charge in [-0.05, 0) is 37.6 Å². The van der Waals surface area contributed by atoms with Crippen LogP contribution in [0.25, 0.3) is 0 Å². The van der Waals surface area contributed by atoms with E-state index in [1.165, 1.54) is 6.07 Å². The van der Waals surface area contributed by atoms with Gasteiger partial charge in [0, 0.05) is 10.5 Å². The van der Waals surface area contributed by atoms with E-state index in [0.717, 1.165) is 23.9 Å². The predicted molar refractivity (Wildman–Crippen MR) is 72.0 cm³/mol. The SMILES string of the molecule is CC(C)NCCCCOc1cc(Br)ccc1F. The summed E-state index contributed by atoms with van der Waals surface area (Å²) in [5.41, 5.74) is 0. The first-order chi connectivity index (χ1) is 8.09. The van der Waals surface area contributed by atoms with E-state index in [9.17, 15) is 4.39 Å². The molecule has 0 aliphatic rings.